The molecule has 9 rings (SSSR count). The van der Waals surface area contributed by atoms with Gasteiger partial charge in [-0.25, -0.2) is 38.6 Å². The number of carboxylic acid groups (broad SMARTS) is 1. The second kappa shape index (κ2) is 24.2. The summed E-state index contributed by atoms with van der Waals surface area (Å²) in [6.07, 6.45) is 15.4. The van der Waals surface area contributed by atoms with Gasteiger partial charge in [0.25, 0.3) is 0 Å². The fourth-order valence-electron chi connectivity index (χ4n) is 15.8. The summed E-state index contributed by atoms with van der Waals surface area (Å²) in [5.41, 5.74) is -0.101. The predicted octanol–water partition coefficient (Wildman–Crippen LogP) is 3.92. The first-order chi connectivity index (χ1) is 32.1. The SMILES string of the molecule is CC#CC[C@@H](CCC)C(=O)N1C2CC3CCC2(CS1(=O)=O)C3(C)C.CC#CC[C@@H](CCC)C(=O)O.CC1(C)C2CCC13CS(=O)(=O)NC3C2.CCCCC(=O)N1C2CC3CCC2(CS1(=O)=O)C3(C)C.O.O.[Li+].[OH-]. The molecule has 6 aliphatic carbocycles. The molecular formula is C53H90LiN3O13S3. The number of carboxylic acids is 1. The Morgan fingerprint density at radius 2 is 1.04 bits per heavy atom. The molecule has 3 heterocycles. The maximum absolute atomic E-state index is 13.2. The molecule has 9 fully saturated rings. The molecule has 0 aromatic rings. The standard InChI is InChI=1S/C19H29NO3S.C15H25NO3S.C10H17NO2S.C9H14O2.Li.3H2O/c1-5-7-9-14(8-6-2)17(21)20-16-12-15-10-11-19(16,18(15,3)4)13-24(20,22)23;1-4-5-6-13(17)16-12-9-11-7-8-15(12,14(11,2)3)10-20(16,18)19;1-9(2)7-3-4-10(9)6-14(12,13)11-8(10)5-7;1-3-5-7-8(6-4-2)9(10)11;;;;/h14-16H,6,8-13H2,1-4H3;11-12H,4-10H2,1-3H3;7-8,11H,3-6H2,1-2H3;8H,4,6-7H2,1-2H3,(H,10,11);;3*1H2/q;;;;+1;;;/p-1/t14-,15?,16?,19?;;;8-;;;;/m1..1..../s1. The van der Waals surface area contributed by atoms with Crippen molar-refractivity contribution in [1.29, 1.82) is 0 Å². The minimum Gasteiger partial charge on any atom is -0.870 e. The number of nitrogens with one attached hydrogen (secondary N) is 1. The number of rotatable bonds is 11. The zero-order valence-electron chi connectivity index (χ0n) is 46.2. The number of hydrogen-bond acceptors (Lipinski definition) is 10. The largest absolute Gasteiger partial charge is 1.00 e. The molecule has 11 atom stereocenters. The van der Waals surface area contributed by atoms with Crippen molar-refractivity contribution in [3.63, 3.8) is 0 Å². The maximum atomic E-state index is 13.2. The van der Waals surface area contributed by atoms with Gasteiger partial charge >= 0.3 is 24.8 Å². The van der Waals surface area contributed by atoms with Gasteiger partial charge in [-0.1, -0.05) is 81.6 Å². The Morgan fingerprint density at radius 3 is 1.45 bits per heavy atom. The van der Waals surface area contributed by atoms with E-state index in [1.54, 1.807) is 13.8 Å². The second-order valence-electron chi connectivity index (χ2n) is 24.0. The van der Waals surface area contributed by atoms with Crippen molar-refractivity contribution in [3.8, 4) is 23.7 Å². The summed E-state index contributed by atoms with van der Waals surface area (Å²) in [5.74, 6) is 12.2. The van der Waals surface area contributed by atoms with Gasteiger partial charge < -0.3 is 21.5 Å². The molecule has 7 N–H and O–H groups in total. The monoisotopic (exact) mass is 1080 g/mol. The van der Waals surface area contributed by atoms with Crippen molar-refractivity contribution in [2.45, 2.75) is 210 Å². The van der Waals surface area contributed by atoms with E-state index >= 15 is 0 Å². The van der Waals surface area contributed by atoms with Crippen molar-refractivity contribution in [3.05, 3.63) is 0 Å². The fraction of sp³-hybridized carbons (Fsp3) is 0.868. The first-order valence-corrected chi connectivity index (χ1v) is 31.1. The topological polar surface area (TPSA) is 285 Å². The summed E-state index contributed by atoms with van der Waals surface area (Å²) < 4.78 is 79.6. The Labute approximate surface area is 451 Å². The number of carbonyl (C=O) groups excluding carboxylic acids is 2. The van der Waals surface area contributed by atoms with Crippen LogP contribution in [0.15, 0.2) is 0 Å². The van der Waals surface area contributed by atoms with Crippen LogP contribution in [-0.4, -0.2) is 109 Å². The summed E-state index contributed by atoms with van der Waals surface area (Å²) >= 11 is 0. The Balaban J connectivity index is 0.000000340. The molecule has 3 saturated heterocycles. The average Bonchev–Trinajstić information content (AvgIpc) is 4.09. The fourth-order valence-corrected chi connectivity index (χ4v) is 23.2. The van der Waals surface area contributed by atoms with Gasteiger partial charge in [0, 0.05) is 41.5 Å². The molecule has 6 bridgehead atoms. The first kappa shape index (κ1) is 66.9. The van der Waals surface area contributed by atoms with E-state index in [0.717, 1.165) is 89.4 Å². The number of carbonyl (C=O) groups is 3. The third kappa shape index (κ3) is 11.4. The number of unbranched alkanes of at least 4 members (excludes halogenated alkanes) is 1. The van der Waals surface area contributed by atoms with Crippen LogP contribution in [0.2, 0.25) is 0 Å². The van der Waals surface area contributed by atoms with E-state index in [0.29, 0.717) is 43.3 Å². The van der Waals surface area contributed by atoms with Crippen LogP contribution in [-0.2, 0) is 44.5 Å². The zero-order chi connectivity index (χ0) is 51.4. The van der Waals surface area contributed by atoms with Gasteiger partial charge in [0.1, 0.15) is 0 Å². The molecule has 0 aromatic heterocycles. The van der Waals surface area contributed by atoms with Crippen LogP contribution in [0.1, 0.15) is 192 Å². The van der Waals surface area contributed by atoms with E-state index in [-0.39, 0.29) is 121 Å². The predicted molar refractivity (Wildman–Crippen MR) is 279 cm³/mol. The second-order valence-corrected chi connectivity index (χ2v) is 29.5. The summed E-state index contributed by atoms with van der Waals surface area (Å²) in [4.78, 5) is 36.1. The normalized spacial score (nSPS) is 34.6. The van der Waals surface area contributed by atoms with Crippen LogP contribution in [0.4, 0.5) is 0 Å². The van der Waals surface area contributed by atoms with Crippen LogP contribution in [0.25, 0.3) is 0 Å². The Morgan fingerprint density at radius 1 is 0.630 bits per heavy atom. The van der Waals surface area contributed by atoms with Gasteiger partial charge in [-0.15, -0.1) is 23.7 Å². The molecule has 9 unspecified atom stereocenters. The molecule has 414 valence electrons. The first-order valence-electron chi connectivity index (χ1n) is 26.2. The minimum atomic E-state index is -3.51. The van der Waals surface area contributed by atoms with Gasteiger partial charge in [-0.2, -0.15) is 0 Å². The third-order valence-corrected chi connectivity index (χ3v) is 25.6. The third-order valence-electron chi connectivity index (χ3n) is 20.3. The molecule has 16 nitrogen and oxygen atoms in total. The minimum absolute atomic E-state index is 0. The number of sulfonamides is 3. The van der Waals surface area contributed by atoms with E-state index in [2.05, 4.69) is 69.9 Å². The Hall–Kier alpha value is -2.18. The van der Waals surface area contributed by atoms with Gasteiger partial charge in [0.15, 0.2) is 0 Å². The average molecular weight is 1080 g/mol. The number of fused-ring (bicyclic) bond motifs is 3. The van der Waals surface area contributed by atoms with Crippen molar-refractivity contribution in [2.75, 3.05) is 17.3 Å². The van der Waals surface area contributed by atoms with Crippen molar-refractivity contribution in [2.24, 2.45) is 62.1 Å². The quantitative estimate of drug-likeness (QED) is 0.221. The van der Waals surface area contributed by atoms with Crippen molar-refractivity contribution < 1.29 is 80.0 Å². The van der Waals surface area contributed by atoms with Crippen LogP contribution in [0.3, 0.4) is 0 Å². The zero-order valence-corrected chi connectivity index (χ0v) is 48.6. The van der Waals surface area contributed by atoms with E-state index < -0.39 is 36.0 Å². The molecule has 0 aromatic carbocycles. The molecule has 3 spiro atoms. The molecule has 73 heavy (non-hydrogen) atoms. The molecule has 6 saturated carbocycles. The maximum Gasteiger partial charge on any atom is 1.00 e. The summed E-state index contributed by atoms with van der Waals surface area (Å²) in [6.45, 7) is 22.9. The van der Waals surface area contributed by atoms with E-state index in [9.17, 15) is 39.6 Å². The van der Waals surface area contributed by atoms with Gasteiger partial charge in [-0.05, 0) is 125 Å². The van der Waals surface area contributed by atoms with Crippen LogP contribution in [0.5, 0.6) is 0 Å². The van der Waals surface area contributed by atoms with Crippen LogP contribution >= 0.6 is 0 Å². The van der Waals surface area contributed by atoms with Gasteiger partial charge in [0.05, 0.1) is 41.2 Å². The molecule has 9 aliphatic rings. The Bertz CT molecular complexity index is 2460. The number of amides is 2. The molecule has 0 radical (unpaired) electrons. The van der Waals surface area contributed by atoms with E-state index in [4.69, 9.17) is 5.11 Å². The van der Waals surface area contributed by atoms with Crippen molar-refractivity contribution in [1.82, 2.24) is 13.3 Å². The molecule has 3 aliphatic heterocycles. The summed E-state index contributed by atoms with van der Waals surface area (Å²) in [7, 11) is -9.89. The summed E-state index contributed by atoms with van der Waals surface area (Å²) in [6, 6.07) is 0.0459. The number of hydrogen-bond donors (Lipinski definition) is 2. The van der Waals surface area contributed by atoms with E-state index in [1.807, 2.05) is 20.8 Å². The van der Waals surface area contributed by atoms with Gasteiger partial charge in [0.2, 0.25) is 41.9 Å². The van der Waals surface area contributed by atoms with E-state index in [1.165, 1.54) is 15.0 Å². The Kier molecular flexibility index (Phi) is 22.2. The summed E-state index contributed by atoms with van der Waals surface area (Å²) in [5, 5.41) is 8.66. The number of nitrogens with zero attached hydrogens (tertiary/aromatic N) is 2. The van der Waals surface area contributed by atoms with Crippen molar-refractivity contribution >= 4 is 47.9 Å². The number of aliphatic carboxylic acids is 1. The van der Waals surface area contributed by atoms with Crippen LogP contribution < -0.4 is 23.6 Å². The smallest absolute Gasteiger partial charge is 0.870 e. The van der Waals surface area contributed by atoms with Gasteiger partial charge in [-0.3, -0.25) is 14.4 Å². The van der Waals surface area contributed by atoms with Crippen LogP contribution in [0, 0.1) is 85.8 Å². The molecule has 20 heteroatoms. The molecule has 2 amide bonds. The molecular weight excluding hydrogens is 990 g/mol.